The highest BCUT2D eigenvalue weighted by Gasteiger charge is 2.42. The summed E-state index contributed by atoms with van der Waals surface area (Å²) in [4.78, 5) is 0. The van der Waals surface area contributed by atoms with Crippen molar-refractivity contribution in [2.24, 2.45) is 17.3 Å². The van der Waals surface area contributed by atoms with E-state index in [-0.39, 0.29) is 11.2 Å². The molecule has 3 fully saturated rings. The number of alkyl halides is 1. The first-order valence-electron chi connectivity index (χ1n) is 11.3. The highest BCUT2D eigenvalue weighted by Crippen LogP contribution is 2.48. The van der Waals surface area contributed by atoms with Crippen LogP contribution in [0.3, 0.4) is 0 Å². The number of rotatable bonds is 7. The molecule has 0 saturated heterocycles. The highest BCUT2D eigenvalue weighted by molar-refractivity contribution is 14.1. The fraction of sp³-hybridized carbons (Fsp3) is 0.727. The Kier molecular flexibility index (Phi) is 5.43. The van der Waals surface area contributed by atoms with Crippen molar-refractivity contribution in [1.82, 2.24) is 14.6 Å². The van der Waals surface area contributed by atoms with Crippen molar-refractivity contribution >= 4 is 44.2 Å². The number of fused-ring (bicyclic) bond motifs is 1. The van der Waals surface area contributed by atoms with Gasteiger partial charge < -0.3 is 4.74 Å². The van der Waals surface area contributed by atoms with Crippen LogP contribution >= 0.6 is 22.6 Å². The van der Waals surface area contributed by atoms with Crippen molar-refractivity contribution in [3.63, 3.8) is 0 Å². The number of sulfonamides is 1. The molecule has 5 rings (SSSR count). The van der Waals surface area contributed by atoms with E-state index in [0.717, 1.165) is 24.2 Å². The van der Waals surface area contributed by atoms with E-state index in [1.807, 2.05) is 12.3 Å². The summed E-state index contributed by atoms with van der Waals surface area (Å²) in [6.45, 7) is 7.83. The second-order valence-corrected chi connectivity index (χ2v) is 13.7. The zero-order chi connectivity index (χ0) is 22.0. The summed E-state index contributed by atoms with van der Waals surface area (Å²) in [6, 6.07) is 1.93. The Morgan fingerprint density at radius 2 is 1.94 bits per heavy atom. The van der Waals surface area contributed by atoms with Crippen molar-refractivity contribution < 1.29 is 13.2 Å². The van der Waals surface area contributed by atoms with Gasteiger partial charge in [-0.1, -0.05) is 43.4 Å². The van der Waals surface area contributed by atoms with Crippen LogP contribution in [0.15, 0.2) is 12.3 Å². The number of ether oxygens (including phenoxy) is 1. The van der Waals surface area contributed by atoms with Crippen LogP contribution in [0.1, 0.15) is 70.8 Å². The largest absolute Gasteiger partial charge is 0.493 e. The molecule has 1 N–H and O–H groups in total. The van der Waals surface area contributed by atoms with Gasteiger partial charge >= 0.3 is 0 Å². The lowest BCUT2D eigenvalue weighted by Crippen LogP contribution is -2.42. The normalized spacial score (nSPS) is 28.6. The van der Waals surface area contributed by atoms with Crippen LogP contribution in [0.5, 0.6) is 5.75 Å². The Morgan fingerprint density at radius 3 is 2.61 bits per heavy atom. The van der Waals surface area contributed by atoms with Gasteiger partial charge in [0, 0.05) is 21.8 Å². The Morgan fingerprint density at radius 1 is 1.19 bits per heavy atom. The number of nitrogens with zero attached hydrogens (tertiary/aromatic N) is 3. The Balaban J connectivity index is 1.38. The molecule has 0 spiro atoms. The van der Waals surface area contributed by atoms with E-state index in [1.165, 1.54) is 12.8 Å². The van der Waals surface area contributed by atoms with Gasteiger partial charge in [-0.05, 0) is 61.7 Å². The molecular weight excluding hydrogens is 527 g/mol. The van der Waals surface area contributed by atoms with E-state index < -0.39 is 10.0 Å². The molecule has 170 valence electrons. The van der Waals surface area contributed by atoms with Gasteiger partial charge in [0.25, 0.3) is 0 Å². The molecule has 3 saturated carbocycles. The summed E-state index contributed by atoms with van der Waals surface area (Å²) in [5, 5.41) is 8.02. The van der Waals surface area contributed by atoms with E-state index in [4.69, 9.17) is 4.74 Å². The van der Waals surface area contributed by atoms with E-state index in [0.29, 0.717) is 52.2 Å². The maximum absolute atomic E-state index is 12.4. The van der Waals surface area contributed by atoms with Crippen molar-refractivity contribution in [3.05, 3.63) is 17.8 Å². The monoisotopic (exact) mass is 558 g/mol. The standard InChI is InChI=1S/C22H31IN4O3S/c1-13-15(6-9-19(23)22(13,2)3)12-30-18-10-20-24-25-21(26-31(28,29)16-7-8-16)27(20)11-17(18)14-4-5-14/h10-11,13-16,19H,4-9,12H2,1-3H3,(H,25,26)/t13-,15+,19+/m0/s1. The van der Waals surface area contributed by atoms with Crippen LogP contribution in [0.2, 0.25) is 0 Å². The molecule has 0 aromatic carbocycles. The molecule has 0 amide bonds. The maximum Gasteiger partial charge on any atom is 0.242 e. The van der Waals surface area contributed by atoms with Crippen molar-refractivity contribution in [3.8, 4) is 5.75 Å². The predicted octanol–water partition coefficient (Wildman–Crippen LogP) is 4.77. The quantitative estimate of drug-likeness (QED) is 0.391. The molecule has 0 aliphatic heterocycles. The number of halogens is 1. The minimum atomic E-state index is -3.38. The predicted molar refractivity (Wildman–Crippen MR) is 129 cm³/mol. The lowest BCUT2D eigenvalue weighted by molar-refractivity contribution is 0.0670. The van der Waals surface area contributed by atoms with Gasteiger partial charge in [-0.25, -0.2) is 8.42 Å². The van der Waals surface area contributed by atoms with Gasteiger partial charge in [0.2, 0.25) is 16.0 Å². The van der Waals surface area contributed by atoms with Gasteiger partial charge in [0.1, 0.15) is 5.75 Å². The Bertz CT molecular complexity index is 1090. The first kappa shape index (κ1) is 21.7. The van der Waals surface area contributed by atoms with Crippen LogP contribution in [-0.4, -0.2) is 38.8 Å². The third kappa shape index (κ3) is 4.16. The first-order valence-corrected chi connectivity index (χ1v) is 14.1. The molecule has 3 aliphatic rings. The first-order chi connectivity index (χ1) is 14.7. The third-order valence-electron chi connectivity index (χ3n) is 7.68. The van der Waals surface area contributed by atoms with Crippen LogP contribution in [0, 0.1) is 17.3 Å². The fourth-order valence-corrected chi connectivity index (χ4v) is 6.96. The van der Waals surface area contributed by atoms with Crippen molar-refractivity contribution in [2.45, 2.75) is 74.4 Å². The number of nitrogens with one attached hydrogen (secondary N) is 1. The van der Waals surface area contributed by atoms with E-state index in [1.54, 1.807) is 4.40 Å². The lowest BCUT2D eigenvalue weighted by Gasteiger charge is -2.45. The van der Waals surface area contributed by atoms with Gasteiger partial charge in [0.05, 0.1) is 11.9 Å². The smallest absolute Gasteiger partial charge is 0.242 e. The molecule has 3 atom stereocenters. The molecule has 0 bridgehead atoms. The van der Waals surface area contributed by atoms with E-state index in [2.05, 4.69) is 58.3 Å². The van der Waals surface area contributed by atoms with Crippen LogP contribution in [0.25, 0.3) is 5.65 Å². The summed E-state index contributed by atoms with van der Waals surface area (Å²) < 4.78 is 36.2. The average Bonchev–Trinajstić information content (AvgIpc) is 3.62. The zero-order valence-corrected chi connectivity index (χ0v) is 21.3. The molecule has 31 heavy (non-hydrogen) atoms. The second-order valence-electron chi connectivity index (χ2n) is 10.2. The SMILES string of the molecule is C[C@H]1[C@@H](COc2cc3nnc(NS(=O)(=O)C4CC4)n3cc2C2CC2)CC[C@@H](I)C1(C)C. The number of pyridine rings is 1. The maximum atomic E-state index is 12.4. The number of anilines is 1. The Hall–Kier alpha value is -1.10. The van der Waals surface area contributed by atoms with Crippen LogP contribution in [0.4, 0.5) is 5.95 Å². The van der Waals surface area contributed by atoms with Crippen LogP contribution in [-0.2, 0) is 10.0 Å². The van der Waals surface area contributed by atoms with Crippen molar-refractivity contribution in [1.29, 1.82) is 0 Å². The summed E-state index contributed by atoms with van der Waals surface area (Å²) in [6.07, 6.45) is 8.10. The number of hydrogen-bond acceptors (Lipinski definition) is 5. The van der Waals surface area contributed by atoms with Crippen molar-refractivity contribution in [2.75, 3.05) is 11.3 Å². The van der Waals surface area contributed by atoms with Gasteiger partial charge in [-0.15, -0.1) is 10.2 Å². The molecule has 2 heterocycles. The number of aromatic nitrogens is 3. The summed E-state index contributed by atoms with van der Waals surface area (Å²) in [5.41, 5.74) is 2.04. The highest BCUT2D eigenvalue weighted by atomic mass is 127. The minimum Gasteiger partial charge on any atom is -0.493 e. The van der Waals surface area contributed by atoms with Crippen LogP contribution < -0.4 is 9.46 Å². The lowest BCUT2D eigenvalue weighted by atomic mass is 9.65. The summed E-state index contributed by atoms with van der Waals surface area (Å²) >= 11 is 2.61. The molecule has 9 heteroatoms. The van der Waals surface area contributed by atoms with Gasteiger partial charge in [0.15, 0.2) is 5.65 Å². The molecule has 2 aromatic heterocycles. The minimum absolute atomic E-state index is 0.270. The summed E-state index contributed by atoms with van der Waals surface area (Å²) in [5.74, 6) is 2.73. The zero-order valence-electron chi connectivity index (χ0n) is 18.3. The molecule has 7 nitrogen and oxygen atoms in total. The molecule has 2 aromatic rings. The van der Waals surface area contributed by atoms with Gasteiger partial charge in [-0.2, -0.15) is 0 Å². The third-order valence-corrected chi connectivity index (χ3v) is 11.7. The van der Waals surface area contributed by atoms with E-state index >= 15 is 0 Å². The molecule has 3 aliphatic carbocycles. The topological polar surface area (TPSA) is 85.6 Å². The summed E-state index contributed by atoms with van der Waals surface area (Å²) in [7, 11) is -3.38. The van der Waals surface area contributed by atoms with Gasteiger partial charge in [-0.3, -0.25) is 9.12 Å². The average molecular weight is 558 g/mol. The fourth-order valence-electron chi connectivity index (χ4n) is 4.72. The molecule has 0 unspecified atom stereocenters. The molecular formula is C22H31IN4O3S. The molecule has 0 radical (unpaired) electrons. The number of hydrogen-bond donors (Lipinski definition) is 1. The Labute approximate surface area is 197 Å². The van der Waals surface area contributed by atoms with E-state index in [9.17, 15) is 8.42 Å². The second kappa shape index (κ2) is 7.74.